The molecule has 0 saturated heterocycles. The van der Waals surface area contributed by atoms with Gasteiger partial charge in [0.25, 0.3) is 5.91 Å². The normalized spacial score (nSPS) is 10.2. The van der Waals surface area contributed by atoms with Crippen molar-refractivity contribution in [3.63, 3.8) is 0 Å². The van der Waals surface area contributed by atoms with E-state index in [1.165, 1.54) is 30.6 Å². The Morgan fingerprint density at radius 1 is 1.35 bits per heavy atom. The zero-order valence-electron chi connectivity index (χ0n) is 10.7. The summed E-state index contributed by atoms with van der Waals surface area (Å²) < 4.78 is 13.4. The van der Waals surface area contributed by atoms with Crippen LogP contribution < -0.4 is 10.6 Å². The highest BCUT2D eigenvalue weighted by Crippen LogP contribution is 2.20. The number of nitrogens with zero attached hydrogens (tertiary/aromatic N) is 2. The first-order chi connectivity index (χ1) is 9.60. The van der Waals surface area contributed by atoms with Crippen LogP contribution in [0.15, 0.2) is 35.1 Å². The quantitative estimate of drug-likeness (QED) is 0.898. The van der Waals surface area contributed by atoms with Gasteiger partial charge in [0.1, 0.15) is 17.3 Å². The van der Waals surface area contributed by atoms with Gasteiger partial charge in [-0.15, -0.1) is 0 Å². The summed E-state index contributed by atoms with van der Waals surface area (Å²) in [5.74, 6) is -0.189. The molecule has 0 radical (unpaired) electrons. The standard InChI is InChI=1S/C13H12BrFN4O/c1-2-16-12-7-17-11(6-18-12)13(20)19-8-3-4-10(15)9(14)5-8/h3-7H,2H2,1H3,(H,16,18)(H,19,20). The van der Waals surface area contributed by atoms with Crippen molar-refractivity contribution >= 4 is 33.3 Å². The molecule has 0 aliphatic carbocycles. The maximum Gasteiger partial charge on any atom is 0.275 e. The number of hydrogen-bond donors (Lipinski definition) is 2. The topological polar surface area (TPSA) is 66.9 Å². The number of hydrogen-bond acceptors (Lipinski definition) is 4. The van der Waals surface area contributed by atoms with Crippen LogP contribution in [0.25, 0.3) is 0 Å². The summed E-state index contributed by atoms with van der Waals surface area (Å²) in [6, 6.07) is 4.21. The van der Waals surface area contributed by atoms with Crippen molar-refractivity contribution in [2.24, 2.45) is 0 Å². The lowest BCUT2D eigenvalue weighted by Gasteiger charge is -2.06. The molecule has 0 bridgehead atoms. The number of anilines is 2. The highest BCUT2D eigenvalue weighted by atomic mass is 79.9. The Morgan fingerprint density at radius 3 is 2.75 bits per heavy atom. The molecule has 0 aliphatic rings. The van der Waals surface area contributed by atoms with Crippen LogP contribution in [0, 0.1) is 5.82 Å². The second kappa shape index (κ2) is 6.42. The Labute approximate surface area is 123 Å². The molecule has 1 aromatic carbocycles. The minimum Gasteiger partial charge on any atom is -0.369 e. The molecular formula is C13H12BrFN4O. The Kier molecular flexibility index (Phi) is 4.62. The van der Waals surface area contributed by atoms with E-state index in [0.29, 0.717) is 11.5 Å². The highest BCUT2D eigenvalue weighted by Gasteiger charge is 2.09. The Bertz CT molecular complexity index is 618. The summed E-state index contributed by atoms with van der Waals surface area (Å²) in [5.41, 5.74) is 0.660. The summed E-state index contributed by atoms with van der Waals surface area (Å²) in [6.45, 7) is 2.67. The van der Waals surface area contributed by atoms with Gasteiger partial charge in [0.05, 0.1) is 16.9 Å². The molecular weight excluding hydrogens is 327 g/mol. The van der Waals surface area contributed by atoms with Crippen molar-refractivity contribution in [3.8, 4) is 0 Å². The number of benzene rings is 1. The van der Waals surface area contributed by atoms with Gasteiger partial charge in [0.2, 0.25) is 0 Å². The first kappa shape index (κ1) is 14.4. The van der Waals surface area contributed by atoms with Crippen LogP contribution in [-0.4, -0.2) is 22.4 Å². The first-order valence-corrected chi connectivity index (χ1v) is 6.71. The van der Waals surface area contributed by atoms with Gasteiger partial charge in [0, 0.05) is 12.2 Å². The lowest BCUT2D eigenvalue weighted by atomic mass is 10.3. The van der Waals surface area contributed by atoms with Crippen LogP contribution in [0.5, 0.6) is 0 Å². The number of aromatic nitrogens is 2. The smallest absolute Gasteiger partial charge is 0.275 e. The average molecular weight is 339 g/mol. The number of carbonyl (C=O) groups is 1. The minimum atomic E-state index is -0.404. The summed E-state index contributed by atoms with van der Waals surface area (Å²) in [7, 11) is 0. The number of halogens is 2. The van der Waals surface area contributed by atoms with Crippen LogP contribution in [-0.2, 0) is 0 Å². The molecule has 2 aromatic rings. The fourth-order valence-corrected chi connectivity index (χ4v) is 1.87. The van der Waals surface area contributed by atoms with Crippen LogP contribution >= 0.6 is 15.9 Å². The Hall–Kier alpha value is -2.02. The molecule has 5 nitrogen and oxygen atoms in total. The predicted molar refractivity (Wildman–Crippen MR) is 78.2 cm³/mol. The van der Waals surface area contributed by atoms with E-state index in [4.69, 9.17) is 0 Å². The largest absolute Gasteiger partial charge is 0.369 e. The lowest BCUT2D eigenvalue weighted by molar-refractivity contribution is 0.102. The van der Waals surface area contributed by atoms with E-state index in [0.717, 1.165) is 6.54 Å². The summed E-state index contributed by atoms with van der Waals surface area (Å²) in [4.78, 5) is 20.0. The van der Waals surface area contributed by atoms with Crippen LogP contribution in [0.3, 0.4) is 0 Å². The van der Waals surface area contributed by atoms with E-state index >= 15 is 0 Å². The van der Waals surface area contributed by atoms with Crippen molar-refractivity contribution < 1.29 is 9.18 Å². The molecule has 0 aliphatic heterocycles. The van der Waals surface area contributed by atoms with Gasteiger partial charge in [-0.2, -0.15) is 0 Å². The van der Waals surface area contributed by atoms with Crippen LogP contribution in [0.1, 0.15) is 17.4 Å². The molecule has 2 N–H and O–H groups in total. The fourth-order valence-electron chi connectivity index (χ4n) is 1.49. The second-order valence-corrected chi connectivity index (χ2v) is 4.75. The Balaban J connectivity index is 2.09. The van der Waals surface area contributed by atoms with Crippen molar-refractivity contribution in [3.05, 3.63) is 46.6 Å². The van der Waals surface area contributed by atoms with E-state index in [1.54, 1.807) is 0 Å². The molecule has 1 heterocycles. The van der Waals surface area contributed by atoms with Crippen LogP contribution in [0.2, 0.25) is 0 Å². The van der Waals surface area contributed by atoms with Gasteiger partial charge < -0.3 is 10.6 Å². The summed E-state index contributed by atoms with van der Waals surface area (Å²) in [5, 5.41) is 5.60. The first-order valence-electron chi connectivity index (χ1n) is 5.92. The molecule has 7 heteroatoms. The van der Waals surface area contributed by atoms with Gasteiger partial charge in [-0.1, -0.05) is 0 Å². The monoisotopic (exact) mass is 338 g/mol. The van der Waals surface area contributed by atoms with Crippen molar-refractivity contribution in [1.82, 2.24) is 9.97 Å². The van der Waals surface area contributed by atoms with Crippen molar-refractivity contribution in [2.45, 2.75) is 6.92 Å². The lowest BCUT2D eigenvalue weighted by Crippen LogP contribution is -2.14. The van der Waals surface area contributed by atoms with Crippen LogP contribution in [0.4, 0.5) is 15.9 Å². The molecule has 20 heavy (non-hydrogen) atoms. The summed E-state index contributed by atoms with van der Waals surface area (Å²) in [6.07, 6.45) is 2.87. The zero-order valence-corrected chi connectivity index (χ0v) is 12.2. The SMILES string of the molecule is CCNc1cnc(C(=O)Nc2ccc(F)c(Br)c2)cn1. The average Bonchev–Trinajstić information content (AvgIpc) is 2.44. The van der Waals surface area contributed by atoms with Crippen molar-refractivity contribution in [1.29, 1.82) is 0 Å². The third-order valence-electron chi connectivity index (χ3n) is 2.42. The summed E-state index contributed by atoms with van der Waals surface area (Å²) >= 11 is 3.06. The molecule has 0 spiro atoms. The second-order valence-electron chi connectivity index (χ2n) is 3.90. The molecule has 1 amide bonds. The van der Waals surface area contributed by atoms with Gasteiger partial charge in [-0.25, -0.2) is 14.4 Å². The minimum absolute atomic E-state index is 0.187. The number of rotatable bonds is 4. The van der Waals surface area contributed by atoms with Gasteiger partial charge >= 0.3 is 0 Å². The fraction of sp³-hybridized carbons (Fsp3) is 0.154. The molecule has 0 saturated carbocycles. The predicted octanol–water partition coefficient (Wildman–Crippen LogP) is 3.06. The molecule has 0 unspecified atom stereocenters. The van der Waals surface area contributed by atoms with E-state index in [9.17, 15) is 9.18 Å². The third-order valence-corrected chi connectivity index (χ3v) is 3.03. The van der Waals surface area contributed by atoms with E-state index in [2.05, 4.69) is 36.5 Å². The van der Waals surface area contributed by atoms with Gasteiger partial charge in [0.15, 0.2) is 0 Å². The maximum atomic E-state index is 13.1. The molecule has 104 valence electrons. The van der Waals surface area contributed by atoms with E-state index in [-0.39, 0.29) is 10.2 Å². The number of carbonyl (C=O) groups excluding carboxylic acids is 1. The molecule has 1 aromatic heterocycles. The van der Waals surface area contributed by atoms with E-state index in [1.807, 2.05) is 6.92 Å². The molecule has 0 fully saturated rings. The Morgan fingerprint density at radius 2 is 2.15 bits per heavy atom. The maximum absolute atomic E-state index is 13.1. The highest BCUT2D eigenvalue weighted by molar-refractivity contribution is 9.10. The number of amides is 1. The van der Waals surface area contributed by atoms with Gasteiger partial charge in [-0.05, 0) is 41.1 Å². The van der Waals surface area contributed by atoms with Gasteiger partial charge in [-0.3, -0.25) is 4.79 Å². The zero-order chi connectivity index (χ0) is 14.5. The number of nitrogens with one attached hydrogen (secondary N) is 2. The van der Waals surface area contributed by atoms with E-state index < -0.39 is 11.7 Å². The van der Waals surface area contributed by atoms with Crippen molar-refractivity contribution in [2.75, 3.05) is 17.2 Å². The molecule has 2 rings (SSSR count). The molecule has 0 atom stereocenters. The third kappa shape index (κ3) is 3.51.